The van der Waals surface area contributed by atoms with Gasteiger partial charge in [-0.05, 0) is 24.3 Å². The predicted octanol–water partition coefficient (Wildman–Crippen LogP) is 3.66. The van der Waals surface area contributed by atoms with Crippen LogP contribution in [-0.2, 0) is 20.7 Å². The Balaban J connectivity index is 2.61. The monoisotopic (exact) mass is 290 g/mol. The van der Waals surface area contributed by atoms with Crippen molar-refractivity contribution in [3.8, 4) is 0 Å². The van der Waals surface area contributed by atoms with Gasteiger partial charge in [-0.1, -0.05) is 51.1 Å². The van der Waals surface area contributed by atoms with E-state index in [9.17, 15) is 9.59 Å². The molecular weight excluding hydrogens is 264 g/mol. The van der Waals surface area contributed by atoms with E-state index in [0.29, 0.717) is 12.3 Å². The molecule has 0 spiro atoms. The van der Waals surface area contributed by atoms with E-state index in [4.69, 9.17) is 4.74 Å². The average molecular weight is 290 g/mol. The lowest BCUT2D eigenvalue weighted by molar-refractivity contribution is -0.148. The van der Waals surface area contributed by atoms with Gasteiger partial charge in [0.05, 0.1) is 13.0 Å². The van der Waals surface area contributed by atoms with Crippen molar-refractivity contribution in [2.45, 2.75) is 40.0 Å². The molecule has 1 aromatic carbocycles. The molecule has 0 saturated heterocycles. The molecule has 0 heterocycles. The average Bonchev–Trinajstić information content (AvgIpc) is 2.46. The van der Waals surface area contributed by atoms with Crippen LogP contribution in [0.15, 0.2) is 30.3 Å². The first-order valence-electron chi connectivity index (χ1n) is 7.58. The van der Waals surface area contributed by atoms with E-state index in [-0.39, 0.29) is 30.0 Å². The molecule has 1 aromatic rings. The van der Waals surface area contributed by atoms with Crippen LogP contribution < -0.4 is 0 Å². The maximum Gasteiger partial charge on any atom is 0.309 e. The zero-order valence-electron chi connectivity index (χ0n) is 13.5. The van der Waals surface area contributed by atoms with Gasteiger partial charge in [-0.15, -0.1) is 0 Å². The highest BCUT2D eigenvalue weighted by Crippen LogP contribution is 2.21. The molecule has 3 heteroatoms. The van der Waals surface area contributed by atoms with Crippen molar-refractivity contribution in [1.29, 1.82) is 0 Å². The third-order valence-electron chi connectivity index (χ3n) is 3.67. The number of methoxy groups -OCH3 is 1. The Kier molecular flexibility index (Phi) is 7.13. The van der Waals surface area contributed by atoms with Crippen LogP contribution in [-0.4, -0.2) is 18.9 Å². The largest absolute Gasteiger partial charge is 0.469 e. The number of carbonyl (C=O) groups is 2. The van der Waals surface area contributed by atoms with Crippen molar-refractivity contribution in [2.24, 2.45) is 17.8 Å². The van der Waals surface area contributed by atoms with E-state index in [1.54, 1.807) is 0 Å². The molecule has 0 aromatic heterocycles. The number of Topliss-reactive ketones (excluding diaryl/α,β-unsaturated/α-hetero) is 1. The SMILES string of the molecule is COC(=O)[C@@H](CC(=O)[C@@H](C)Cc1ccccc1)CC(C)C. The summed E-state index contributed by atoms with van der Waals surface area (Å²) in [5.74, 6) is -0.169. The molecule has 0 saturated carbocycles. The Morgan fingerprint density at radius 1 is 1.10 bits per heavy atom. The van der Waals surface area contributed by atoms with Gasteiger partial charge in [0.2, 0.25) is 0 Å². The summed E-state index contributed by atoms with van der Waals surface area (Å²) >= 11 is 0. The number of hydrogen-bond acceptors (Lipinski definition) is 3. The zero-order chi connectivity index (χ0) is 15.8. The Morgan fingerprint density at radius 3 is 2.24 bits per heavy atom. The second-order valence-corrected chi connectivity index (χ2v) is 6.11. The van der Waals surface area contributed by atoms with Crippen molar-refractivity contribution < 1.29 is 14.3 Å². The van der Waals surface area contributed by atoms with Crippen LogP contribution in [0.25, 0.3) is 0 Å². The minimum atomic E-state index is -0.319. The van der Waals surface area contributed by atoms with Crippen LogP contribution in [0.1, 0.15) is 39.2 Å². The van der Waals surface area contributed by atoms with Crippen LogP contribution in [0.4, 0.5) is 0 Å². The second kappa shape index (κ2) is 8.60. The number of esters is 1. The van der Waals surface area contributed by atoms with Crippen LogP contribution in [0.2, 0.25) is 0 Å². The number of carbonyl (C=O) groups excluding carboxylic acids is 2. The lowest BCUT2D eigenvalue weighted by Gasteiger charge is -2.18. The quantitative estimate of drug-likeness (QED) is 0.686. The van der Waals surface area contributed by atoms with Crippen LogP contribution in [0, 0.1) is 17.8 Å². The lowest BCUT2D eigenvalue weighted by atomic mass is 9.87. The fourth-order valence-electron chi connectivity index (χ4n) is 2.52. The molecule has 0 aliphatic rings. The Bertz CT molecular complexity index is 451. The van der Waals surface area contributed by atoms with Crippen molar-refractivity contribution in [2.75, 3.05) is 7.11 Å². The smallest absolute Gasteiger partial charge is 0.309 e. The summed E-state index contributed by atoms with van der Waals surface area (Å²) in [7, 11) is 1.38. The normalized spacial score (nSPS) is 13.8. The Labute approximate surface area is 127 Å². The van der Waals surface area contributed by atoms with Crippen molar-refractivity contribution in [1.82, 2.24) is 0 Å². The van der Waals surface area contributed by atoms with Gasteiger partial charge >= 0.3 is 5.97 Å². The summed E-state index contributed by atoms with van der Waals surface area (Å²) in [5.41, 5.74) is 1.15. The number of ether oxygens (including phenoxy) is 1. The highest BCUT2D eigenvalue weighted by atomic mass is 16.5. The summed E-state index contributed by atoms with van der Waals surface area (Å²) in [4.78, 5) is 24.1. The third-order valence-corrected chi connectivity index (χ3v) is 3.67. The minimum Gasteiger partial charge on any atom is -0.469 e. The van der Waals surface area contributed by atoms with Gasteiger partial charge in [0.25, 0.3) is 0 Å². The molecule has 0 N–H and O–H groups in total. The van der Waals surface area contributed by atoms with Crippen molar-refractivity contribution >= 4 is 11.8 Å². The first-order chi connectivity index (χ1) is 9.93. The number of benzene rings is 1. The second-order valence-electron chi connectivity index (χ2n) is 6.11. The van der Waals surface area contributed by atoms with Gasteiger partial charge in [-0.2, -0.15) is 0 Å². The first-order valence-corrected chi connectivity index (χ1v) is 7.58. The summed E-state index contributed by atoms with van der Waals surface area (Å²) in [6.45, 7) is 6.03. The van der Waals surface area contributed by atoms with E-state index in [1.807, 2.05) is 51.1 Å². The number of ketones is 1. The van der Waals surface area contributed by atoms with Crippen LogP contribution in [0.5, 0.6) is 0 Å². The molecule has 0 unspecified atom stereocenters. The van der Waals surface area contributed by atoms with Gasteiger partial charge in [0, 0.05) is 12.3 Å². The molecule has 0 amide bonds. The van der Waals surface area contributed by atoms with Gasteiger partial charge in [-0.25, -0.2) is 0 Å². The summed E-state index contributed by atoms with van der Waals surface area (Å²) in [6, 6.07) is 9.96. The Hall–Kier alpha value is -1.64. The topological polar surface area (TPSA) is 43.4 Å². The Morgan fingerprint density at radius 2 is 1.71 bits per heavy atom. The first kappa shape index (κ1) is 17.4. The van der Waals surface area contributed by atoms with Crippen molar-refractivity contribution in [3.05, 3.63) is 35.9 Å². The molecule has 3 nitrogen and oxygen atoms in total. The van der Waals surface area contributed by atoms with Crippen LogP contribution in [0.3, 0.4) is 0 Å². The number of hydrogen-bond donors (Lipinski definition) is 0. The molecule has 2 atom stereocenters. The molecule has 0 bridgehead atoms. The maximum atomic E-state index is 12.4. The minimum absolute atomic E-state index is 0.0771. The third kappa shape index (κ3) is 6.11. The van der Waals surface area contributed by atoms with Crippen molar-refractivity contribution in [3.63, 3.8) is 0 Å². The predicted molar refractivity (Wildman–Crippen MR) is 83.9 cm³/mol. The van der Waals surface area contributed by atoms with Gasteiger partial charge in [-0.3, -0.25) is 9.59 Å². The fourth-order valence-corrected chi connectivity index (χ4v) is 2.52. The van der Waals surface area contributed by atoms with Gasteiger partial charge in [0.1, 0.15) is 5.78 Å². The summed E-state index contributed by atoms with van der Waals surface area (Å²) in [6.07, 6.45) is 1.69. The molecule has 1 rings (SSSR count). The molecule has 0 aliphatic heterocycles. The van der Waals surface area contributed by atoms with Crippen LogP contribution >= 0.6 is 0 Å². The summed E-state index contributed by atoms with van der Waals surface area (Å²) in [5, 5.41) is 0. The highest BCUT2D eigenvalue weighted by molar-refractivity contribution is 5.86. The van der Waals surface area contributed by atoms with Gasteiger partial charge in [0.15, 0.2) is 0 Å². The molecule has 0 aliphatic carbocycles. The molecule has 21 heavy (non-hydrogen) atoms. The lowest BCUT2D eigenvalue weighted by Crippen LogP contribution is -2.25. The standard InChI is InChI=1S/C18H26O3/c1-13(2)10-16(18(20)21-4)12-17(19)14(3)11-15-8-6-5-7-9-15/h5-9,13-14,16H,10-12H2,1-4H3/t14-,16+/m0/s1. The van der Waals surface area contributed by atoms with E-state index in [1.165, 1.54) is 7.11 Å². The van der Waals surface area contributed by atoms with Gasteiger partial charge < -0.3 is 4.74 Å². The summed E-state index contributed by atoms with van der Waals surface area (Å²) < 4.78 is 4.82. The van der Waals surface area contributed by atoms with E-state index in [2.05, 4.69) is 0 Å². The van der Waals surface area contributed by atoms with E-state index >= 15 is 0 Å². The highest BCUT2D eigenvalue weighted by Gasteiger charge is 2.26. The molecular formula is C18H26O3. The zero-order valence-corrected chi connectivity index (χ0v) is 13.5. The fraction of sp³-hybridized carbons (Fsp3) is 0.556. The van der Waals surface area contributed by atoms with E-state index in [0.717, 1.165) is 12.0 Å². The molecule has 0 radical (unpaired) electrons. The number of rotatable bonds is 8. The van der Waals surface area contributed by atoms with E-state index < -0.39 is 0 Å². The molecule has 0 fully saturated rings. The maximum absolute atomic E-state index is 12.4. The molecule has 116 valence electrons.